The fourth-order valence-electron chi connectivity index (χ4n) is 15.0. The molecule has 13 rings (SSSR count). The lowest BCUT2D eigenvalue weighted by Crippen LogP contribution is -2.47. The van der Waals surface area contributed by atoms with Crippen LogP contribution in [0.4, 0.5) is 8.78 Å². The predicted octanol–water partition coefficient (Wildman–Crippen LogP) is 19.5. The summed E-state index contributed by atoms with van der Waals surface area (Å²) in [5.74, 6) is 0.630. The van der Waals surface area contributed by atoms with Crippen LogP contribution in [-0.4, -0.2) is 120 Å². The van der Waals surface area contributed by atoms with E-state index in [1.165, 1.54) is 46.3 Å². The second kappa shape index (κ2) is 53.3. The molecule has 20 heteroatoms. The predicted molar refractivity (Wildman–Crippen MR) is 446 cm³/mol. The van der Waals surface area contributed by atoms with Crippen LogP contribution in [-0.2, 0) is 101 Å². The van der Waals surface area contributed by atoms with Crippen molar-refractivity contribution < 1.29 is 76.2 Å². The minimum atomic E-state index is -0.419. The minimum absolute atomic E-state index is 0. The molecule has 2 saturated heterocycles. The van der Waals surface area contributed by atoms with Crippen molar-refractivity contribution >= 4 is 11.9 Å². The van der Waals surface area contributed by atoms with Crippen LogP contribution in [0.1, 0.15) is 162 Å². The molecule has 0 radical (unpaired) electrons. The van der Waals surface area contributed by atoms with Crippen molar-refractivity contribution in [2.45, 2.75) is 216 Å². The number of nitrogens with zero attached hydrogens (tertiary/aromatic N) is 2. The van der Waals surface area contributed by atoms with E-state index in [0.717, 1.165) is 102 Å². The highest BCUT2D eigenvalue weighted by molar-refractivity contribution is 5.88. The number of hydrogen-bond donors (Lipinski definition) is 4. The Balaban J connectivity index is 0.000000192. The van der Waals surface area contributed by atoms with E-state index in [4.69, 9.17) is 62.4 Å². The first kappa shape index (κ1) is 93.2. The Labute approximate surface area is 677 Å². The molecule has 0 aromatic heterocycles. The van der Waals surface area contributed by atoms with Crippen LogP contribution in [0.5, 0.6) is 0 Å². The lowest BCUT2D eigenvalue weighted by Gasteiger charge is -2.41. The SMILES string of the molecule is C.C=CCC(CCC(OC)OC)OCc1ccccc1.C=CCC(CCC=NO)OCc1ccccc1.C=CCC(O)CCC(OC)OC.Fc1ccccc1[C@]12CCC(OCc3ccccc3)C[C@H]1CON2.Fc1ccccc1[C@]12CCC(OCc3ccccc3)C[C@H]1CON2.c1ccc(COC2CCC3=NOCC3C2)cc1. The van der Waals surface area contributed by atoms with Crippen molar-refractivity contribution in [1.29, 1.82) is 0 Å². The Morgan fingerprint density at radius 1 is 0.482 bits per heavy atom. The molecule has 0 bridgehead atoms. The van der Waals surface area contributed by atoms with Crippen molar-refractivity contribution in [1.82, 2.24) is 11.0 Å². The first-order valence-corrected chi connectivity index (χ1v) is 39.9. The summed E-state index contributed by atoms with van der Waals surface area (Å²) in [5.41, 5.74) is 14.1. The van der Waals surface area contributed by atoms with Gasteiger partial charge in [0.05, 0.1) is 99.7 Å². The third kappa shape index (κ3) is 31.2. The Bertz CT molecular complexity index is 3650. The number of ether oxygens (including phenoxy) is 9. The van der Waals surface area contributed by atoms with Gasteiger partial charge in [0.1, 0.15) is 18.2 Å². The highest BCUT2D eigenvalue weighted by Gasteiger charge is 2.52. The summed E-state index contributed by atoms with van der Waals surface area (Å²) in [7, 11) is 6.49. The van der Waals surface area contributed by atoms with Gasteiger partial charge in [0, 0.05) is 76.4 Å². The summed E-state index contributed by atoms with van der Waals surface area (Å²) in [5, 5.41) is 24.7. The first-order valence-electron chi connectivity index (χ1n) is 39.9. The summed E-state index contributed by atoms with van der Waals surface area (Å²) in [6, 6.07) is 65.1. The van der Waals surface area contributed by atoms with Gasteiger partial charge in [-0.3, -0.25) is 0 Å². The Morgan fingerprint density at radius 2 is 0.860 bits per heavy atom. The molecule has 114 heavy (non-hydrogen) atoms. The average molecular weight is 1570 g/mol. The van der Waals surface area contributed by atoms with Crippen LogP contribution in [0.3, 0.4) is 0 Å². The molecular formula is C94H126F2N4O14. The lowest BCUT2D eigenvalue weighted by molar-refractivity contribution is -0.113. The molecule has 18 nitrogen and oxygen atoms in total. The molecule has 11 atom stereocenters. The smallest absolute Gasteiger partial charge is 0.156 e. The monoisotopic (exact) mass is 1570 g/mol. The Morgan fingerprint density at radius 3 is 1.25 bits per heavy atom. The van der Waals surface area contributed by atoms with Gasteiger partial charge in [0.15, 0.2) is 12.6 Å². The molecule has 7 unspecified atom stereocenters. The number of fused-ring (bicyclic) bond motifs is 3. The van der Waals surface area contributed by atoms with Crippen molar-refractivity contribution in [2.24, 2.45) is 28.1 Å². The number of methoxy groups -OCH3 is 4. The second-order valence-electron chi connectivity index (χ2n) is 29.2. The van der Waals surface area contributed by atoms with Crippen molar-refractivity contribution in [2.75, 3.05) is 48.3 Å². The molecule has 3 heterocycles. The molecule has 4 N–H and O–H groups in total. The van der Waals surface area contributed by atoms with Crippen LogP contribution in [0.15, 0.2) is 248 Å². The second-order valence-corrected chi connectivity index (χ2v) is 29.2. The number of hydrogen-bond acceptors (Lipinski definition) is 18. The third-order valence-electron chi connectivity index (χ3n) is 21.3. The van der Waals surface area contributed by atoms with E-state index in [1.54, 1.807) is 46.6 Å². The third-order valence-corrected chi connectivity index (χ3v) is 21.3. The molecule has 5 fully saturated rings. The number of aliphatic hydroxyl groups is 1. The maximum Gasteiger partial charge on any atom is 0.156 e. The van der Waals surface area contributed by atoms with Gasteiger partial charge in [-0.25, -0.2) is 8.78 Å². The average Bonchev–Trinajstić information content (AvgIpc) is 1.55. The summed E-state index contributed by atoms with van der Waals surface area (Å²) in [6.45, 7) is 16.2. The first-order chi connectivity index (χ1) is 55.4. The van der Waals surface area contributed by atoms with Gasteiger partial charge in [-0.1, -0.05) is 219 Å². The standard InChI is InChI=1S/2C20H22FNO2.C16H24O3.C14H17NO2.C14H19NO2.C9H18O3.CH4/c2*21-19-9-5-4-8-18(19)20-11-10-17(12-16(20)14-24-22-20)23-13-15-6-2-1-3-7-15;1-4-8-15(11-12-16(17-2)18-3)19-13-14-9-6-5-7-10-14;1-2-4-11(5-3-1)9-16-13-6-7-14-12(8-13)10-17-15-14;1-2-7-14(10-6-11-15-16)17-12-13-8-4-3-5-9-13;1-4-5-8(10)6-7-9(11-2)12-3;/h2*1-9,16-17,22H,10-14H2;4-7,9-10,15-16H,1,8,11-13H2,2-3H3;1-5,12-13H,6-10H2;2-5,8-9,11,14,16H,1,6-7,10,12H2;4,8-10H,1,5-7H2,2-3H3;1H4/t2*16-,17?,20-;;;;;/m00...../s1. The lowest BCUT2D eigenvalue weighted by atomic mass is 9.69. The van der Waals surface area contributed by atoms with E-state index < -0.39 is 11.1 Å². The zero-order valence-electron chi connectivity index (χ0n) is 66.7. The van der Waals surface area contributed by atoms with E-state index in [-0.39, 0.29) is 74.0 Å². The van der Waals surface area contributed by atoms with Gasteiger partial charge < -0.3 is 67.5 Å². The van der Waals surface area contributed by atoms with E-state index in [9.17, 15) is 13.9 Å². The van der Waals surface area contributed by atoms with Gasteiger partial charge in [-0.15, -0.1) is 24.9 Å². The normalized spacial score (nSPS) is 21.8. The summed E-state index contributed by atoms with van der Waals surface area (Å²) >= 11 is 0. The van der Waals surface area contributed by atoms with E-state index >= 15 is 0 Å². The van der Waals surface area contributed by atoms with E-state index in [0.29, 0.717) is 95.1 Å². The Hall–Kier alpha value is -8.00. The fraction of sp³-hybridized carbons (Fsp3) is 0.468. The topological polar surface area (TPSA) is 200 Å². The number of oxime groups is 2. The highest BCUT2D eigenvalue weighted by Crippen LogP contribution is 2.48. The van der Waals surface area contributed by atoms with E-state index in [1.807, 2.05) is 127 Å². The largest absolute Gasteiger partial charge is 0.411 e. The molecule has 3 aliphatic carbocycles. The zero-order chi connectivity index (χ0) is 80.0. The quantitative estimate of drug-likeness (QED) is 0.00949. The van der Waals surface area contributed by atoms with Gasteiger partial charge >= 0.3 is 0 Å². The van der Waals surface area contributed by atoms with Crippen molar-refractivity contribution in [3.63, 3.8) is 0 Å². The van der Waals surface area contributed by atoms with Crippen molar-refractivity contribution in [3.05, 3.63) is 289 Å². The number of rotatable bonds is 36. The number of hydroxylamine groups is 2. The molecule has 0 amide bonds. The zero-order valence-corrected chi connectivity index (χ0v) is 66.7. The molecule has 620 valence electrons. The van der Waals surface area contributed by atoms with Crippen molar-refractivity contribution in [3.8, 4) is 0 Å². The summed E-state index contributed by atoms with van der Waals surface area (Å²) < 4.78 is 78.9. The van der Waals surface area contributed by atoms with E-state index in [2.05, 4.69) is 102 Å². The molecular weight excluding hydrogens is 1450 g/mol. The van der Waals surface area contributed by atoms with Gasteiger partial charge in [0.2, 0.25) is 0 Å². The van der Waals surface area contributed by atoms with Crippen LogP contribution in [0.25, 0.3) is 0 Å². The molecule has 3 aliphatic heterocycles. The highest BCUT2D eigenvalue weighted by atomic mass is 19.1. The Kier molecular flexibility index (Phi) is 43.5. The maximum atomic E-state index is 14.3. The number of halogens is 2. The fourth-order valence-corrected chi connectivity index (χ4v) is 15.0. The molecule has 3 saturated carbocycles. The van der Waals surface area contributed by atoms with Gasteiger partial charge in [-0.2, -0.15) is 11.0 Å². The van der Waals surface area contributed by atoms with Crippen LogP contribution in [0, 0.1) is 29.4 Å². The van der Waals surface area contributed by atoms with Crippen LogP contribution in [0.2, 0.25) is 0 Å². The summed E-state index contributed by atoms with van der Waals surface area (Å²) in [4.78, 5) is 16.2. The molecule has 7 aromatic carbocycles. The number of benzene rings is 7. The molecule has 0 spiro atoms. The van der Waals surface area contributed by atoms with Gasteiger partial charge in [-0.05, 0) is 143 Å². The minimum Gasteiger partial charge on any atom is -0.411 e. The molecule has 6 aliphatic rings. The number of aliphatic hydroxyl groups excluding tert-OH is 1. The van der Waals surface area contributed by atoms with Gasteiger partial charge in [0.25, 0.3) is 0 Å². The van der Waals surface area contributed by atoms with Crippen LogP contribution >= 0.6 is 0 Å². The number of nitrogens with one attached hydrogen (secondary N) is 2. The maximum absolute atomic E-state index is 14.3. The summed E-state index contributed by atoms with van der Waals surface area (Å²) in [6.07, 6.45) is 22.6. The van der Waals surface area contributed by atoms with Crippen LogP contribution < -0.4 is 11.0 Å². The molecule has 7 aromatic rings.